The predicted molar refractivity (Wildman–Crippen MR) is 94.5 cm³/mol. The fourth-order valence-electron chi connectivity index (χ4n) is 2.54. The molecule has 0 radical (unpaired) electrons. The van der Waals surface area contributed by atoms with Crippen molar-refractivity contribution < 1.29 is 19.0 Å². The Kier molecular flexibility index (Phi) is 7.53. The van der Waals surface area contributed by atoms with Crippen molar-refractivity contribution in [2.75, 3.05) is 38.4 Å². The van der Waals surface area contributed by atoms with Crippen LogP contribution in [0.5, 0.6) is 5.75 Å². The van der Waals surface area contributed by atoms with Crippen molar-refractivity contribution in [3.05, 3.63) is 24.3 Å². The Hall–Kier alpha value is -1.59. The molecule has 5 heteroatoms. The van der Waals surface area contributed by atoms with Gasteiger partial charge in [-0.3, -0.25) is 4.79 Å². The predicted octanol–water partition coefficient (Wildman–Crippen LogP) is 3.64. The van der Waals surface area contributed by atoms with Gasteiger partial charge in [-0.05, 0) is 43.5 Å². The van der Waals surface area contributed by atoms with Crippen LogP contribution < -0.4 is 10.1 Å². The van der Waals surface area contributed by atoms with Gasteiger partial charge < -0.3 is 19.5 Å². The molecule has 1 heterocycles. The van der Waals surface area contributed by atoms with Gasteiger partial charge in [0.15, 0.2) is 0 Å². The molecule has 1 saturated heterocycles. The monoisotopic (exact) mass is 335 g/mol. The lowest BCUT2D eigenvalue weighted by atomic mass is 9.90. The Balaban J connectivity index is 1.44. The fraction of sp³-hybridized carbons (Fsp3) is 0.632. The molecule has 0 bridgehead atoms. The van der Waals surface area contributed by atoms with E-state index >= 15 is 0 Å². The van der Waals surface area contributed by atoms with Crippen LogP contribution >= 0.6 is 0 Å². The van der Waals surface area contributed by atoms with Gasteiger partial charge in [0.2, 0.25) is 5.91 Å². The highest BCUT2D eigenvalue weighted by molar-refractivity contribution is 5.88. The molecule has 0 spiro atoms. The molecule has 0 aromatic heterocycles. The Labute approximate surface area is 144 Å². The van der Waals surface area contributed by atoms with Crippen molar-refractivity contribution in [2.45, 2.75) is 39.5 Å². The van der Waals surface area contributed by atoms with E-state index in [1.807, 2.05) is 24.3 Å². The topological polar surface area (TPSA) is 56.8 Å². The minimum atomic E-state index is -0.0669. The summed E-state index contributed by atoms with van der Waals surface area (Å²) >= 11 is 0. The third-order valence-corrected chi connectivity index (χ3v) is 3.98. The summed E-state index contributed by atoms with van der Waals surface area (Å²) < 4.78 is 16.6. The van der Waals surface area contributed by atoms with E-state index < -0.39 is 0 Å². The molecule has 1 aliphatic rings. The Bertz CT molecular complexity index is 497. The van der Waals surface area contributed by atoms with Gasteiger partial charge in [0.05, 0.1) is 26.4 Å². The standard InChI is InChI=1S/C19H29NO4/c1-16(21)20-17-7-9-18(10-8-17)24-12-6-4-3-5-11-22-13-19(2)14-23-15-19/h7-10H,3-6,11-15H2,1-2H3,(H,20,21). The van der Waals surface area contributed by atoms with E-state index in [-0.39, 0.29) is 11.3 Å². The van der Waals surface area contributed by atoms with Gasteiger partial charge in [0, 0.05) is 24.6 Å². The lowest BCUT2D eigenvalue weighted by Gasteiger charge is -2.37. The molecule has 0 aliphatic carbocycles. The summed E-state index contributed by atoms with van der Waals surface area (Å²) in [6, 6.07) is 7.46. The zero-order chi connectivity index (χ0) is 17.3. The van der Waals surface area contributed by atoms with Crippen LogP contribution in [0.25, 0.3) is 0 Å². The van der Waals surface area contributed by atoms with Crippen molar-refractivity contribution in [3.8, 4) is 5.75 Å². The third-order valence-electron chi connectivity index (χ3n) is 3.98. The minimum Gasteiger partial charge on any atom is -0.494 e. The molecule has 134 valence electrons. The molecule has 2 rings (SSSR count). The van der Waals surface area contributed by atoms with Gasteiger partial charge in [-0.25, -0.2) is 0 Å². The maximum Gasteiger partial charge on any atom is 0.221 e. The van der Waals surface area contributed by atoms with E-state index in [0.29, 0.717) is 0 Å². The van der Waals surface area contributed by atoms with Gasteiger partial charge >= 0.3 is 0 Å². The van der Waals surface area contributed by atoms with Gasteiger partial charge in [0.25, 0.3) is 0 Å². The summed E-state index contributed by atoms with van der Waals surface area (Å²) in [6.07, 6.45) is 4.45. The summed E-state index contributed by atoms with van der Waals surface area (Å²) in [7, 11) is 0. The second-order valence-electron chi connectivity index (χ2n) is 6.82. The summed E-state index contributed by atoms with van der Waals surface area (Å²) in [6.45, 7) is 7.72. The molecule has 1 aliphatic heterocycles. The number of ether oxygens (including phenoxy) is 3. The zero-order valence-corrected chi connectivity index (χ0v) is 14.8. The molecule has 24 heavy (non-hydrogen) atoms. The van der Waals surface area contributed by atoms with E-state index in [1.165, 1.54) is 6.92 Å². The molecule has 0 saturated carbocycles. The van der Waals surface area contributed by atoms with E-state index in [1.54, 1.807) is 0 Å². The number of carbonyl (C=O) groups is 1. The first kappa shape index (κ1) is 18.7. The smallest absolute Gasteiger partial charge is 0.221 e. The maximum atomic E-state index is 10.9. The molecule has 1 amide bonds. The maximum absolute atomic E-state index is 10.9. The van der Waals surface area contributed by atoms with Crippen molar-refractivity contribution in [1.29, 1.82) is 0 Å². The van der Waals surface area contributed by atoms with Crippen molar-refractivity contribution >= 4 is 11.6 Å². The Morgan fingerprint density at radius 3 is 2.38 bits per heavy atom. The molecule has 0 atom stereocenters. The number of amides is 1. The van der Waals surface area contributed by atoms with Crippen LogP contribution in [0.4, 0.5) is 5.69 Å². The zero-order valence-electron chi connectivity index (χ0n) is 14.8. The summed E-state index contributed by atoms with van der Waals surface area (Å²) in [5, 5.41) is 2.74. The average Bonchev–Trinajstić information content (AvgIpc) is 2.52. The first-order valence-electron chi connectivity index (χ1n) is 8.73. The number of rotatable bonds is 11. The highest BCUT2D eigenvalue weighted by Gasteiger charge is 2.33. The lowest BCUT2D eigenvalue weighted by Crippen LogP contribution is -2.43. The highest BCUT2D eigenvalue weighted by atomic mass is 16.5. The Morgan fingerprint density at radius 2 is 1.79 bits per heavy atom. The number of anilines is 1. The molecule has 0 unspecified atom stereocenters. The quantitative estimate of drug-likeness (QED) is 0.627. The van der Waals surface area contributed by atoms with Crippen LogP contribution in [0.2, 0.25) is 0 Å². The number of carbonyl (C=O) groups excluding carboxylic acids is 1. The van der Waals surface area contributed by atoms with Crippen LogP contribution in [0, 0.1) is 5.41 Å². The van der Waals surface area contributed by atoms with Gasteiger partial charge in [0.1, 0.15) is 5.75 Å². The second-order valence-corrected chi connectivity index (χ2v) is 6.82. The molecule has 1 fully saturated rings. The van der Waals surface area contributed by atoms with Gasteiger partial charge in [-0.2, -0.15) is 0 Å². The van der Waals surface area contributed by atoms with E-state index in [4.69, 9.17) is 14.2 Å². The first-order chi connectivity index (χ1) is 11.6. The van der Waals surface area contributed by atoms with Crippen LogP contribution in [-0.2, 0) is 14.3 Å². The molecular weight excluding hydrogens is 306 g/mol. The van der Waals surface area contributed by atoms with Gasteiger partial charge in [-0.15, -0.1) is 0 Å². The molecule has 1 N–H and O–H groups in total. The number of hydrogen-bond donors (Lipinski definition) is 1. The Morgan fingerprint density at radius 1 is 1.12 bits per heavy atom. The third kappa shape index (κ3) is 6.89. The van der Waals surface area contributed by atoms with E-state index in [0.717, 1.165) is 70.2 Å². The van der Waals surface area contributed by atoms with Crippen LogP contribution in [0.15, 0.2) is 24.3 Å². The minimum absolute atomic E-state index is 0.0669. The number of nitrogens with one attached hydrogen (secondary N) is 1. The molecule has 1 aromatic rings. The van der Waals surface area contributed by atoms with Crippen molar-refractivity contribution in [2.24, 2.45) is 5.41 Å². The average molecular weight is 335 g/mol. The van der Waals surface area contributed by atoms with E-state index in [9.17, 15) is 4.79 Å². The van der Waals surface area contributed by atoms with Crippen molar-refractivity contribution in [1.82, 2.24) is 0 Å². The summed E-state index contributed by atoms with van der Waals surface area (Å²) in [5.74, 6) is 0.770. The fourth-order valence-corrected chi connectivity index (χ4v) is 2.54. The SMILES string of the molecule is CC(=O)Nc1ccc(OCCCCCCOCC2(C)COC2)cc1. The highest BCUT2D eigenvalue weighted by Crippen LogP contribution is 2.26. The number of unbranched alkanes of at least 4 members (excludes halogenated alkanes) is 3. The summed E-state index contributed by atoms with van der Waals surface area (Å²) in [5.41, 5.74) is 1.04. The molecule has 1 aromatic carbocycles. The van der Waals surface area contributed by atoms with Crippen LogP contribution in [-0.4, -0.2) is 38.9 Å². The first-order valence-corrected chi connectivity index (χ1v) is 8.73. The largest absolute Gasteiger partial charge is 0.494 e. The normalized spacial score (nSPS) is 15.6. The summed E-state index contributed by atoms with van der Waals surface area (Å²) in [4.78, 5) is 10.9. The van der Waals surface area contributed by atoms with Crippen molar-refractivity contribution in [3.63, 3.8) is 0 Å². The van der Waals surface area contributed by atoms with Crippen LogP contribution in [0.3, 0.4) is 0 Å². The van der Waals surface area contributed by atoms with Gasteiger partial charge in [-0.1, -0.05) is 13.3 Å². The van der Waals surface area contributed by atoms with E-state index in [2.05, 4.69) is 12.2 Å². The lowest BCUT2D eigenvalue weighted by molar-refractivity contribution is -0.137. The van der Waals surface area contributed by atoms with Crippen LogP contribution in [0.1, 0.15) is 39.5 Å². The molecular formula is C19H29NO4. The molecule has 5 nitrogen and oxygen atoms in total. The number of hydrogen-bond acceptors (Lipinski definition) is 4. The second kappa shape index (κ2) is 9.64. The number of benzene rings is 1.